The smallest absolute Gasteiger partial charge is 0.475 e. The molecule has 2 aromatic heterocycles. The van der Waals surface area contributed by atoms with Gasteiger partial charge in [0.2, 0.25) is 5.95 Å². The third-order valence-electron chi connectivity index (χ3n) is 5.56. The second kappa shape index (κ2) is 10.8. The number of nitrogens with zero attached hydrogens (tertiary/aromatic N) is 5. The Morgan fingerprint density at radius 2 is 1.85 bits per heavy atom. The Balaban J connectivity index is 0.000000406. The minimum absolute atomic E-state index is 0.139. The normalized spacial score (nSPS) is 16.6. The van der Waals surface area contributed by atoms with E-state index >= 15 is 0 Å². The van der Waals surface area contributed by atoms with Crippen molar-refractivity contribution in [2.24, 2.45) is 7.05 Å². The van der Waals surface area contributed by atoms with Gasteiger partial charge in [0.15, 0.2) is 11.2 Å². The Kier molecular flexibility index (Phi) is 8.03. The summed E-state index contributed by atoms with van der Waals surface area (Å²) in [6.45, 7) is 5.69. The van der Waals surface area contributed by atoms with E-state index in [-0.39, 0.29) is 11.7 Å². The van der Waals surface area contributed by atoms with Crippen LogP contribution in [0.25, 0.3) is 11.2 Å². The van der Waals surface area contributed by atoms with Crippen LogP contribution < -0.4 is 20.5 Å². The first-order chi connectivity index (χ1) is 16.1. The van der Waals surface area contributed by atoms with E-state index in [1.54, 1.807) is 14.0 Å². The predicted molar refractivity (Wildman–Crippen MR) is 118 cm³/mol. The highest BCUT2D eigenvalue weighted by Gasteiger charge is 2.38. The van der Waals surface area contributed by atoms with Gasteiger partial charge < -0.3 is 20.1 Å². The van der Waals surface area contributed by atoms with Gasteiger partial charge >= 0.3 is 18.2 Å². The Morgan fingerprint density at radius 3 is 2.41 bits per heavy atom. The standard InChI is InChI=1S/C19H26N6O2.C2HF3O2/c1-3-4-11-25-15-16(21-18(25)24-12-9-20-10-13-24)22-19(23(2)17(15)26)27-14-7-5-6-8-14;3-2(4,5)1(6)7/h14,20H,5-13H2,1-2H3;(H,6,7). The number of alkyl halides is 3. The van der Waals surface area contributed by atoms with Crippen LogP contribution in [0.5, 0.6) is 6.01 Å². The fraction of sp³-hybridized carbons (Fsp3) is 0.619. The number of carboxylic acids is 1. The van der Waals surface area contributed by atoms with Crippen LogP contribution in [-0.4, -0.2) is 68.6 Å². The van der Waals surface area contributed by atoms with Crippen molar-refractivity contribution in [1.82, 2.24) is 24.4 Å². The average molecular weight is 484 g/mol. The molecular weight excluding hydrogens is 457 g/mol. The number of aromatic nitrogens is 4. The molecule has 186 valence electrons. The molecule has 13 heteroatoms. The van der Waals surface area contributed by atoms with Crippen LogP contribution in [0.1, 0.15) is 32.6 Å². The zero-order valence-corrected chi connectivity index (χ0v) is 19.0. The summed E-state index contributed by atoms with van der Waals surface area (Å²) in [5.41, 5.74) is 0.796. The monoisotopic (exact) mass is 484 g/mol. The van der Waals surface area contributed by atoms with E-state index in [1.807, 2.05) is 4.57 Å². The second-order valence-corrected chi connectivity index (χ2v) is 7.92. The van der Waals surface area contributed by atoms with Crippen molar-refractivity contribution < 1.29 is 27.8 Å². The van der Waals surface area contributed by atoms with E-state index in [0.717, 1.165) is 57.8 Å². The number of ether oxygens (including phenoxy) is 1. The molecule has 1 aliphatic heterocycles. The fourth-order valence-corrected chi connectivity index (χ4v) is 3.80. The molecule has 2 N–H and O–H groups in total. The summed E-state index contributed by atoms with van der Waals surface area (Å²) >= 11 is 0. The van der Waals surface area contributed by atoms with Crippen molar-refractivity contribution in [3.8, 4) is 17.9 Å². The summed E-state index contributed by atoms with van der Waals surface area (Å²) in [6.07, 6.45) is -0.585. The van der Waals surface area contributed by atoms with Crippen LogP contribution >= 0.6 is 0 Å². The molecule has 0 radical (unpaired) electrons. The van der Waals surface area contributed by atoms with Crippen molar-refractivity contribution in [2.45, 2.75) is 51.4 Å². The van der Waals surface area contributed by atoms with E-state index in [9.17, 15) is 18.0 Å². The molecule has 0 spiro atoms. The quantitative estimate of drug-likeness (QED) is 0.628. The molecule has 0 bridgehead atoms. The van der Waals surface area contributed by atoms with E-state index < -0.39 is 12.1 Å². The van der Waals surface area contributed by atoms with Crippen LogP contribution in [-0.2, 0) is 18.4 Å². The van der Waals surface area contributed by atoms with E-state index in [2.05, 4.69) is 27.0 Å². The van der Waals surface area contributed by atoms with Gasteiger partial charge in [0.25, 0.3) is 5.56 Å². The number of carbonyl (C=O) groups is 1. The number of anilines is 1. The Hall–Kier alpha value is -3.27. The van der Waals surface area contributed by atoms with Crippen molar-refractivity contribution >= 4 is 23.1 Å². The number of carboxylic acid groups (broad SMARTS) is 1. The third-order valence-corrected chi connectivity index (χ3v) is 5.56. The molecule has 1 saturated heterocycles. The molecule has 0 aromatic carbocycles. The first-order valence-electron chi connectivity index (χ1n) is 10.9. The predicted octanol–water partition coefficient (Wildman–Crippen LogP) is 1.52. The lowest BCUT2D eigenvalue weighted by Crippen LogP contribution is -2.44. The van der Waals surface area contributed by atoms with Crippen molar-refractivity contribution in [1.29, 1.82) is 0 Å². The molecule has 34 heavy (non-hydrogen) atoms. The minimum atomic E-state index is -5.08. The topological polar surface area (TPSA) is 115 Å². The Morgan fingerprint density at radius 1 is 1.24 bits per heavy atom. The van der Waals surface area contributed by atoms with Gasteiger partial charge in [0, 0.05) is 33.2 Å². The molecule has 0 atom stereocenters. The maximum atomic E-state index is 13.1. The fourth-order valence-electron chi connectivity index (χ4n) is 3.80. The SMILES string of the molecule is CC#CCn1c(N2CCNCC2)nc2nc(OC3CCCC3)n(C)c(=O)c21.O=C(O)C(F)(F)F. The number of rotatable bonds is 4. The highest BCUT2D eigenvalue weighted by Crippen LogP contribution is 2.25. The average Bonchev–Trinajstić information content (AvgIpc) is 3.44. The highest BCUT2D eigenvalue weighted by atomic mass is 19.4. The van der Waals surface area contributed by atoms with Crippen LogP contribution in [0.3, 0.4) is 0 Å². The third kappa shape index (κ3) is 5.80. The lowest BCUT2D eigenvalue weighted by molar-refractivity contribution is -0.192. The van der Waals surface area contributed by atoms with E-state index in [4.69, 9.17) is 19.6 Å². The molecule has 2 aromatic rings. The molecule has 1 saturated carbocycles. The zero-order valence-electron chi connectivity index (χ0n) is 19.0. The number of piperazine rings is 1. The number of aliphatic carboxylic acids is 1. The largest absolute Gasteiger partial charge is 0.490 e. The number of halogens is 3. The van der Waals surface area contributed by atoms with Crippen LogP contribution in [0, 0.1) is 11.8 Å². The molecule has 0 amide bonds. The lowest BCUT2D eigenvalue weighted by Gasteiger charge is -2.28. The van der Waals surface area contributed by atoms with Gasteiger partial charge in [0.1, 0.15) is 6.10 Å². The summed E-state index contributed by atoms with van der Waals surface area (Å²) in [4.78, 5) is 33.5. The number of hydrogen-bond donors (Lipinski definition) is 2. The van der Waals surface area contributed by atoms with Gasteiger partial charge in [-0.1, -0.05) is 5.92 Å². The maximum Gasteiger partial charge on any atom is 0.490 e. The number of nitrogens with one attached hydrogen (secondary N) is 1. The summed E-state index contributed by atoms with van der Waals surface area (Å²) in [6, 6.07) is 0.359. The van der Waals surface area contributed by atoms with Gasteiger partial charge in [0.05, 0.1) is 6.54 Å². The van der Waals surface area contributed by atoms with Crippen molar-refractivity contribution in [3.05, 3.63) is 10.4 Å². The molecule has 3 heterocycles. The Labute approximate surface area is 193 Å². The first kappa shape index (κ1) is 25.4. The molecule has 4 rings (SSSR count). The summed E-state index contributed by atoms with van der Waals surface area (Å²) in [7, 11) is 1.71. The van der Waals surface area contributed by atoms with Gasteiger partial charge in [-0.15, -0.1) is 5.92 Å². The van der Waals surface area contributed by atoms with Crippen LogP contribution in [0.2, 0.25) is 0 Å². The highest BCUT2D eigenvalue weighted by molar-refractivity contribution is 5.75. The maximum absolute atomic E-state index is 13.1. The summed E-state index contributed by atoms with van der Waals surface area (Å²) in [5.74, 6) is 3.98. The molecule has 0 unspecified atom stereocenters. The van der Waals surface area contributed by atoms with Gasteiger partial charge in [-0.25, -0.2) is 4.79 Å². The van der Waals surface area contributed by atoms with Crippen molar-refractivity contribution in [3.63, 3.8) is 0 Å². The molecule has 2 aliphatic rings. The molecule has 10 nitrogen and oxygen atoms in total. The van der Waals surface area contributed by atoms with Crippen LogP contribution in [0.15, 0.2) is 4.79 Å². The Bertz CT molecular complexity index is 1140. The molecule has 2 fully saturated rings. The van der Waals surface area contributed by atoms with Gasteiger partial charge in [-0.3, -0.25) is 13.9 Å². The number of hydrogen-bond acceptors (Lipinski definition) is 7. The minimum Gasteiger partial charge on any atom is -0.475 e. The number of fused-ring (bicyclic) bond motifs is 1. The zero-order chi connectivity index (χ0) is 24.9. The lowest BCUT2D eigenvalue weighted by atomic mass is 10.3. The second-order valence-electron chi connectivity index (χ2n) is 7.92. The summed E-state index contributed by atoms with van der Waals surface area (Å²) < 4.78 is 41.2. The summed E-state index contributed by atoms with van der Waals surface area (Å²) in [5, 5.41) is 10.5. The molecular formula is C21H27F3N6O4. The number of imidazole rings is 1. The van der Waals surface area contributed by atoms with E-state index in [1.165, 1.54) is 4.57 Å². The van der Waals surface area contributed by atoms with Gasteiger partial charge in [-0.05, 0) is 32.6 Å². The van der Waals surface area contributed by atoms with Gasteiger partial charge in [-0.2, -0.15) is 23.1 Å². The molecule has 1 aliphatic carbocycles. The van der Waals surface area contributed by atoms with E-state index in [0.29, 0.717) is 23.7 Å². The van der Waals surface area contributed by atoms with Crippen molar-refractivity contribution in [2.75, 3.05) is 31.1 Å². The van der Waals surface area contributed by atoms with Crippen LogP contribution in [0.4, 0.5) is 19.1 Å². The first-order valence-corrected chi connectivity index (χ1v) is 10.9.